The van der Waals surface area contributed by atoms with E-state index in [1.807, 2.05) is 24.3 Å². The lowest BCUT2D eigenvalue weighted by atomic mass is 10.2. The van der Waals surface area contributed by atoms with Gasteiger partial charge >= 0.3 is 0 Å². The van der Waals surface area contributed by atoms with Crippen molar-refractivity contribution in [3.05, 3.63) is 35.7 Å². The molecular weight excluding hydrogens is 402 g/mol. The van der Waals surface area contributed by atoms with Crippen LogP contribution in [0.3, 0.4) is 0 Å². The number of anilines is 1. The number of hydrogen-bond acceptors (Lipinski definition) is 7. The largest absolute Gasteiger partial charge is 0.497 e. The number of hydrogen-bond donors (Lipinski definition) is 2. The summed E-state index contributed by atoms with van der Waals surface area (Å²) in [5, 5.41) is 7.06. The molecule has 1 aliphatic rings. The van der Waals surface area contributed by atoms with Crippen molar-refractivity contribution in [2.24, 2.45) is 4.99 Å². The fourth-order valence-corrected chi connectivity index (χ4v) is 3.93. The van der Waals surface area contributed by atoms with Gasteiger partial charge < -0.3 is 25.2 Å². The van der Waals surface area contributed by atoms with E-state index in [1.54, 1.807) is 14.2 Å². The average Bonchev–Trinajstić information content (AvgIpc) is 3.28. The van der Waals surface area contributed by atoms with E-state index >= 15 is 0 Å². The Morgan fingerprint density at radius 1 is 1.20 bits per heavy atom. The van der Waals surface area contributed by atoms with Gasteiger partial charge in [-0.3, -0.25) is 9.79 Å². The first-order valence-electron chi connectivity index (χ1n) is 10.1. The number of nitrogens with zero attached hydrogens (tertiary/aromatic N) is 5. The fourth-order valence-electron chi connectivity index (χ4n) is 3.12. The first-order valence-corrected chi connectivity index (χ1v) is 10.8. The van der Waals surface area contributed by atoms with Crippen molar-refractivity contribution < 1.29 is 9.53 Å². The molecule has 0 radical (unpaired) electrons. The van der Waals surface area contributed by atoms with Gasteiger partial charge in [0.1, 0.15) is 11.6 Å². The van der Waals surface area contributed by atoms with Gasteiger partial charge in [-0.25, -0.2) is 4.98 Å². The molecule has 1 aliphatic heterocycles. The molecule has 1 fully saturated rings. The van der Waals surface area contributed by atoms with E-state index in [2.05, 4.69) is 41.7 Å². The van der Waals surface area contributed by atoms with E-state index < -0.39 is 0 Å². The molecule has 1 aromatic heterocycles. The van der Waals surface area contributed by atoms with Crippen LogP contribution < -0.4 is 20.3 Å². The molecule has 30 heavy (non-hydrogen) atoms. The second kappa shape index (κ2) is 10.8. The molecule has 3 rings (SSSR count). The number of nitrogens with one attached hydrogen (secondary N) is 2. The predicted molar refractivity (Wildman–Crippen MR) is 119 cm³/mol. The number of amides is 1. The highest BCUT2D eigenvalue weighted by Crippen LogP contribution is 2.19. The van der Waals surface area contributed by atoms with E-state index in [9.17, 15) is 4.79 Å². The quantitative estimate of drug-likeness (QED) is 0.501. The van der Waals surface area contributed by atoms with E-state index in [1.165, 1.54) is 11.5 Å². The summed E-state index contributed by atoms with van der Waals surface area (Å²) in [6.07, 6.45) is 0.855. The van der Waals surface area contributed by atoms with Gasteiger partial charge in [0.05, 0.1) is 13.7 Å². The van der Waals surface area contributed by atoms with Crippen LogP contribution in [-0.4, -0.2) is 73.0 Å². The van der Waals surface area contributed by atoms with Gasteiger partial charge in [0, 0.05) is 57.7 Å². The highest BCUT2D eigenvalue weighted by atomic mass is 32.1. The van der Waals surface area contributed by atoms with Crippen molar-refractivity contribution in [1.29, 1.82) is 0 Å². The molecule has 1 aromatic carbocycles. The highest BCUT2D eigenvalue weighted by Gasteiger charge is 2.22. The third-order valence-corrected chi connectivity index (χ3v) is 5.71. The molecule has 1 amide bonds. The van der Waals surface area contributed by atoms with Crippen molar-refractivity contribution in [3.63, 3.8) is 0 Å². The molecular formula is C20H29N7O2S. The molecule has 162 valence electrons. The summed E-state index contributed by atoms with van der Waals surface area (Å²) in [4.78, 5) is 25.5. The van der Waals surface area contributed by atoms with Crippen molar-refractivity contribution in [2.45, 2.75) is 19.9 Å². The maximum absolute atomic E-state index is 12.2. The first-order chi connectivity index (χ1) is 14.6. The summed E-state index contributed by atoms with van der Waals surface area (Å²) in [6, 6.07) is 7.64. The summed E-state index contributed by atoms with van der Waals surface area (Å²) >= 11 is 1.46. The van der Waals surface area contributed by atoms with Gasteiger partial charge in [0.25, 0.3) is 0 Å². The number of aryl methyl sites for hydroxylation is 1. The van der Waals surface area contributed by atoms with Gasteiger partial charge in [0.15, 0.2) is 5.96 Å². The minimum absolute atomic E-state index is 0.0773. The number of rotatable bonds is 7. The van der Waals surface area contributed by atoms with Crippen LogP contribution in [0.5, 0.6) is 5.75 Å². The second-order valence-electron chi connectivity index (χ2n) is 6.85. The molecule has 10 heteroatoms. The molecule has 1 saturated heterocycles. The maximum atomic E-state index is 12.2. The standard InChI is InChI=1S/C20H29N7O2S/c1-4-17-24-20(30-25-17)27-11-9-26(10-12-27)19(21-2)23-14-18(28)22-13-15-5-7-16(29-3)8-6-15/h5-8H,4,9-14H2,1-3H3,(H,21,23)(H,22,28). The third-order valence-electron chi connectivity index (χ3n) is 4.89. The Labute approximate surface area is 181 Å². The number of guanidine groups is 1. The normalized spacial score (nSPS) is 14.6. The van der Waals surface area contributed by atoms with E-state index in [0.29, 0.717) is 6.54 Å². The van der Waals surface area contributed by atoms with Crippen molar-refractivity contribution in [2.75, 3.05) is 51.8 Å². The predicted octanol–water partition coefficient (Wildman–Crippen LogP) is 1.12. The Kier molecular flexibility index (Phi) is 7.83. The van der Waals surface area contributed by atoms with Crippen LogP contribution in [0, 0.1) is 0 Å². The van der Waals surface area contributed by atoms with Crippen LogP contribution in [0.25, 0.3) is 0 Å². The van der Waals surface area contributed by atoms with Crippen LogP contribution in [0.4, 0.5) is 5.13 Å². The fraction of sp³-hybridized carbons (Fsp3) is 0.500. The molecule has 9 nitrogen and oxygen atoms in total. The van der Waals surface area contributed by atoms with E-state index in [4.69, 9.17) is 4.74 Å². The summed E-state index contributed by atoms with van der Waals surface area (Å²) in [5.41, 5.74) is 1.02. The summed E-state index contributed by atoms with van der Waals surface area (Å²) in [5.74, 6) is 2.36. The minimum atomic E-state index is -0.0773. The summed E-state index contributed by atoms with van der Waals surface area (Å²) in [6.45, 7) is 6.04. The Balaban J connectivity index is 1.41. The number of aromatic nitrogens is 2. The zero-order valence-corrected chi connectivity index (χ0v) is 18.5. The number of benzene rings is 1. The molecule has 0 bridgehead atoms. The Bertz CT molecular complexity index is 845. The molecule has 0 atom stereocenters. The zero-order valence-electron chi connectivity index (χ0n) is 17.7. The molecule has 0 saturated carbocycles. The molecule has 2 aromatic rings. The molecule has 2 N–H and O–H groups in total. The average molecular weight is 432 g/mol. The first kappa shape index (κ1) is 21.8. The lowest BCUT2D eigenvalue weighted by Crippen LogP contribution is -2.53. The van der Waals surface area contributed by atoms with E-state index in [0.717, 1.165) is 60.8 Å². The van der Waals surface area contributed by atoms with E-state index in [-0.39, 0.29) is 12.5 Å². The van der Waals surface area contributed by atoms with Crippen LogP contribution in [0.1, 0.15) is 18.3 Å². The van der Waals surface area contributed by atoms with Crippen LogP contribution in [0.2, 0.25) is 0 Å². The minimum Gasteiger partial charge on any atom is -0.497 e. The molecule has 0 unspecified atom stereocenters. The van der Waals surface area contributed by atoms with Gasteiger partial charge in [0.2, 0.25) is 11.0 Å². The maximum Gasteiger partial charge on any atom is 0.239 e. The van der Waals surface area contributed by atoms with Crippen molar-refractivity contribution >= 4 is 28.5 Å². The van der Waals surface area contributed by atoms with Gasteiger partial charge in [-0.1, -0.05) is 19.1 Å². The molecule has 0 aliphatic carbocycles. The number of carbonyl (C=O) groups excluding carboxylic acids is 1. The van der Waals surface area contributed by atoms with Gasteiger partial charge in [-0.15, -0.1) is 0 Å². The Morgan fingerprint density at radius 2 is 1.93 bits per heavy atom. The SMILES string of the molecule is CCc1nsc(N2CCN(C(=NC)NCC(=O)NCc3ccc(OC)cc3)CC2)n1. The molecule has 0 spiro atoms. The Hall–Kier alpha value is -2.88. The van der Waals surface area contributed by atoms with Crippen LogP contribution >= 0.6 is 11.5 Å². The molecule has 2 heterocycles. The second-order valence-corrected chi connectivity index (χ2v) is 7.58. The van der Waals surface area contributed by atoms with Gasteiger partial charge in [-0.2, -0.15) is 4.37 Å². The van der Waals surface area contributed by atoms with Crippen LogP contribution in [-0.2, 0) is 17.8 Å². The smallest absolute Gasteiger partial charge is 0.239 e. The lowest BCUT2D eigenvalue weighted by molar-refractivity contribution is -0.120. The van der Waals surface area contributed by atoms with Gasteiger partial charge in [-0.05, 0) is 17.7 Å². The third kappa shape index (κ3) is 5.82. The number of methoxy groups -OCH3 is 1. The zero-order chi connectivity index (χ0) is 21.3. The number of carbonyl (C=O) groups is 1. The topological polar surface area (TPSA) is 95.0 Å². The monoisotopic (exact) mass is 431 g/mol. The lowest BCUT2D eigenvalue weighted by Gasteiger charge is -2.36. The van der Waals surface area contributed by atoms with Crippen molar-refractivity contribution in [1.82, 2.24) is 24.9 Å². The summed E-state index contributed by atoms with van der Waals surface area (Å²) < 4.78 is 9.51. The number of piperazine rings is 1. The Morgan fingerprint density at radius 3 is 2.53 bits per heavy atom. The van der Waals surface area contributed by atoms with Crippen LogP contribution in [0.15, 0.2) is 29.3 Å². The van der Waals surface area contributed by atoms with Crippen molar-refractivity contribution in [3.8, 4) is 5.75 Å². The number of aliphatic imine (C=N–C) groups is 1. The highest BCUT2D eigenvalue weighted by molar-refractivity contribution is 7.09. The summed E-state index contributed by atoms with van der Waals surface area (Å²) in [7, 11) is 3.37. The number of ether oxygens (including phenoxy) is 1.